The molecule has 4 aromatic carbocycles. The average molecular weight is 422 g/mol. The second-order valence-electron chi connectivity index (χ2n) is 8.92. The highest BCUT2D eigenvalue weighted by atomic mass is 16.5. The van der Waals surface area contributed by atoms with Gasteiger partial charge in [0.15, 0.2) is 0 Å². The molecule has 0 amide bonds. The van der Waals surface area contributed by atoms with Crippen LogP contribution in [-0.2, 0) is 0 Å². The van der Waals surface area contributed by atoms with Crippen LogP contribution in [-0.4, -0.2) is 36.2 Å². The zero-order valence-electron chi connectivity index (χ0n) is 18.1. The third kappa shape index (κ3) is 3.34. The van der Waals surface area contributed by atoms with E-state index in [0.29, 0.717) is 5.75 Å². The summed E-state index contributed by atoms with van der Waals surface area (Å²) in [5.74, 6) is 1.38. The second-order valence-corrected chi connectivity index (χ2v) is 8.92. The summed E-state index contributed by atoms with van der Waals surface area (Å²) in [6.07, 6.45) is 2.62. The maximum absolute atomic E-state index is 10.2. The van der Waals surface area contributed by atoms with Crippen molar-refractivity contribution in [1.82, 2.24) is 4.90 Å². The second kappa shape index (κ2) is 7.99. The smallest absolute Gasteiger partial charge is 0.119 e. The van der Waals surface area contributed by atoms with Gasteiger partial charge in [-0.05, 0) is 88.8 Å². The molecule has 0 bridgehead atoms. The number of ether oxygens (including phenoxy) is 1. The minimum absolute atomic E-state index is 0.144. The monoisotopic (exact) mass is 421 g/mol. The number of benzene rings is 4. The Morgan fingerprint density at radius 3 is 2.50 bits per heavy atom. The van der Waals surface area contributed by atoms with Gasteiger partial charge in [0.05, 0.1) is 0 Å². The fourth-order valence-corrected chi connectivity index (χ4v) is 5.43. The first-order valence-corrected chi connectivity index (χ1v) is 11.6. The summed E-state index contributed by atoms with van der Waals surface area (Å²) >= 11 is 0. The van der Waals surface area contributed by atoms with E-state index in [2.05, 4.69) is 71.6 Å². The van der Waals surface area contributed by atoms with Gasteiger partial charge in [-0.25, -0.2) is 0 Å². The third-order valence-corrected chi connectivity index (χ3v) is 6.99. The lowest BCUT2D eigenvalue weighted by Crippen LogP contribution is -2.25. The lowest BCUT2D eigenvalue weighted by Gasteiger charge is -2.18. The molecule has 32 heavy (non-hydrogen) atoms. The van der Waals surface area contributed by atoms with Crippen molar-refractivity contribution >= 4 is 10.8 Å². The van der Waals surface area contributed by atoms with Crippen molar-refractivity contribution in [2.24, 2.45) is 0 Å². The van der Waals surface area contributed by atoms with Crippen LogP contribution in [0.4, 0.5) is 0 Å². The Hall–Kier alpha value is -3.30. The van der Waals surface area contributed by atoms with E-state index in [1.807, 2.05) is 6.07 Å². The molecule has 0 spiro atoms. The number of fused-ring (bicyclic) bond motifs is 5. The first-order valence-electron chi connectivity index (χ1n) is 11.6. The molecule has 1 unspecified atom stereocenters. The average Bonchev–Trinajstić information content (AvgIpc) is 3.45. The lowest BCUT2D eigenvalue weighted by atomic mass is 9.87. The number of rotatable bonds is 5. The van der Waals surface area contributed by atoms with E-state index in [-0.39, 0.29) is 5.92 Å². The minimum Gasteiger partial charge on any atom is -0.508 e. The van der Waals surface area contributed by atoms with Crippen LogP contribution in [0.25, 0.3) is 21.9 Å². The van der Waals surface area contributed by atoms with Gasteiger partial charge in [-0.3, -0.25) is 4.90 Å². The molecule has 2 aliphatic rings. The summed E-state index contributed by atoms with van der Waals surface area (Å²) in [5, 5.41) is 12.7. The lowest BCUT2D eigenvalue weighted by molar-refractivity contribution is 0.238. The van der Waals surface area contributed by atoms with E-state index in [9.17, 15) is 5.11 Å². The molecule has 3 heteroatoms. The topological polar surface area (TPSA) is 32.7 Å². The molecule has 1 aliphatic heterocycles. The summed E-state index contributed by atoms with van der Waals surface area (Å²) < 4.78 is 6.04. The summed E-state index contributed by atoms with van der Waals surface area (Å²) in [6, 6.07) is 27.3. The number of phenolic OH excluding ortho intramolecular Hbond substituents is 1. The molecule has 3 nitrogen and oxygen atoms in total. The standard InChI is InChI=1S/C29H27NO2/c31-22-10-14-25-27(19-22)26-13-9-20-5-1-2-6-24(20)29(26)28(25)21-7-11-23(12-8-21)32-18-17-30-15-3-4-16-30/h1-2,5-14,19,28,31H,3-4,15-18H2. The van der Waals surface area contributed by atoms with E-state index < -0.39 is 0 Å². The zero-order valence-corrected chi connectivity index (χ0v) is 18.1. The number of hydrogen-bond donors (Lipinski definition) is 1. The predicted molar refractivity (Wildman–Crippen MR) is 130 cm³/mol. The van der Waals surface area contributed by atoms with E-state index in [1.165, 1.54) is 59.0 Å². The molecule has 1 aliphatic carbocycles. The van der Waals surface area contributed by atoms with E-state index in [1.54, 1.807) is 6.07 Å². The molecule has 1 fully saturated rings. The van der Waals surface area contributed by atoms with Crippen molar-refractivity contribution in [3.8, 4) is 22.6 Å². The first-order chi connectivity index (χ1) is 15.8. The Morgan fingerprint density at radius 1 is 0.844 bits per heavy atom. The number of likely N-dealkylation sites (tertiary alicyclic amines) is 1. The first kappa shape index (κ1) is 19.4. The number of aromatic hydroxyl groups is 1. The molecular formula is C29H27NO2. The summed E-state index contributed by atoms with van der Waals surface area (Å²) in [4.78, 5) is 2.47. The van der Waals surface area contributed by atoms with Gasteiger partial charge < -0.3 is 9.84 Å². The largest absolute Gasteiger partial charge is 0.508 e. The van der Waals surface area contributed by atoms with Gasteiger partial charge >= 0.3 is 0 Å². The van der Waals surface area contributed by atoms with Crippen LogP contribution in [0.15, 0.2) is 78.9 Å². The van der Waals surface area contributed by atoms with E-state index in [4.69, 9.17) is 4.74 Å². The van der Waals surface area contributed by atoms with Crippen molar-refractivity contribution in [2.45, 2.75) is 18.8 Å². The fraction of sp³-hybridized carbons (Fsp3) is 0.241. The maximum Gasteiger partial charge on any atom is 0.119 e. The van der Waals surface area contributed by atoms with Gasteiger partial charge in [-0.2, -0.15) is 0 Å². The number of hydrogen-bond acceptors (Lipinski definition) is 3. The Kier molecular flexibility index (Phi) is 4.84. The van der Waals surface area contributed by atoms with E-state index in [0.717, 1.165) is 24.5 Å². The molecule has 1 atom stereocenters. The Morgan fingerprint density at radius 2 is 1.66 bits per heavy atom. The predicted octanol–water partition coefficient (Wildman–Crippen LogP) is 6.18. The number of nitrogens with zero attached hydrogens (tertiary/aromatic N) is 1. The molecule has 1 heterocycles. The molecule has 160 valence electrons. The SMILES string of the molecule is Oc1ccc2c(c1)-c1ccc3ccccc3c1C2c1ccc(OCCN2CCCC2)cc1. The van der Waals surface area contributed by atoms with Gasteiger partial charge in [0.25, 0.3) is 0 Å². The molecule has 1 saturated heterocycles. The highest BCUT2D eigenvalue weighted by Gasteiger charge is 2.31. The summed E-state index contributed by atoms with van der Waals surface area (Å²) in [7, 11) is 0. The van der Waals surface area contributed by atoms with Crippen LogP contribution in [0.1, 0.15) is 35.4 Å². The van der Waals surface area contributed by atoms with Crippen molar-refractivity contribution in [1.29, 1.82) is 0 Å². The number of phenols is 1. The van der Waals surface area contributed by atoms with Crippen molar-refractivity contribution < 1.29 is 9.84 Å². The van der Waals surface area contributed by atoms with Gasteiger partial charge in [-0.1, -0.05) is 54.6 Å². The maximum atomic E-state index is 10.2. The van der Waals surface area contributed by atoms with Crippen molar-refractivity contribution in [2.75, 3.05) is 26.2 Å². The minimum atomic E-state index is 0.144. The Labute approximate surface area is 188 Å². The van der Waals surface area contributed by atoms with Gasteiger partial charge in [-0.15, -0.1) is 0 Å². The van der Waals surface area contributed by atoms with Crippen LogP contribution < -0.4 is 4.74 Å². The highest BCUT2D eigenvalue weighted by Crippen LogP contribution is 2.51. The molecule has 0 saturated carbocycles. The summed E-state index contributed by atoms with van der Waals surface area (Å²) in [6.45, 7) is 4.14. The van der Waals surface area contributed by atoms with Crippen LogP contribution >= 0.6 is 0 Å². The van der Waals surface area contributed by atoms with Crippen LogP contribution in [0.2, 0.25) is 0 Å². The van der Waals surface area contributed by atoms with Crippen LogP contribution in [0, 0.1) is 0 Å². The van der Waals surface area contributed by atoms with Gasteiger partial charge in [0, 0.05) is 12.5 Å². The van der Waals surface area contributed by atoms with Crippen molar-refractivity contribution in [3.63, 3.8) is 0 Å². The summed E-state index contributed by atoms with van der Waals surface area (Å²) in [5.41, 5.74) is 6.16. The normalized spacial score (nSPS) is 17.4. The highest BCUT2D eigenvalue weighted by molar-refractivity contribution is 5.97. The fourth-order valence-electron chi connectivity index (χ4n) is 5.43. The van der Waals surface area contributed by atoms with E-state index >= 15 is 0 Å². The quantitative estimate of drug-likeness (QED) is 0.368. The van der Waals surface area contributed by atoms with Gasteiger partial charge in [0.1, 0.15) is 18.1 Å². The molecule has 0 aromatic heterocycles. The Bertz CT molecular complexity index is 1270. The molecular weight excluding hydrogens is 394 g/mol. The van der Waals surface area contributed by atoms with Crippen LogP contribution in [0.3, 0.4) is 0 Å². The zero-order chi connectivity index (χ0) is 21.5. The molecule has 0 radical (unpaired) electrons. The Balaban J connectivity index is 1.35. The van der Waals surface area contributed by atoms with Crippen molar-refractivity contribution in [3.05, 3.63) is 95.6 Å². The third-order valence-electron chi connectivity index (χ3n) is 6.99. The molecule has 6 rings (SSSR count). The molecule has 1 N–H and O–H groups in total. The van der Waals surface area contributed by atoms with Crippen LogP contribution in [0.5, 0.6) is 11.5 Å². The molecule has 4 aromatic rings. The van der Waals surface area contributed by atoms with Gasteiger partial charge in [0.2, 0.25) is 0 Å².